The van der Waals surface area contributed by atoms with E-state index in [9.17, 15) is 5.11 Å². The molecule has 1 nitrogen and oxygen atoms in total. The number of aliphatic hydroxyl groups excluding tert-OH is 1. The van der Waals surface area contributed by atoms with E-state index in [0.29, 0.717) is 12.5 Å². The van der Waals surface area contributed by atoms with E-state index < -0.39 is 0 Å². The molecule has 12 heavy (non-hydrogen) atoms. The zero-order valence-electron chi connectivity index (χ0n) is 7.84. The fraction of sp³-hybridized carbons (Fsp3) is 1.00. The minimum absolute atomic E-state index is 0.454. The molecule has 2 rings (SSSR count). The Balaban J connectivity index is 2.07. The molecule has 0 aromatic carbocycles. The molecule has 0 heterocycles. The van der Waals surface area contributed by atoms with Crippen LogP contribution in [0.15, 0.2) is 0 Å². The quantitative estimate of drug-likeness (QED) is 0.638. The van der Waals surface area contributed by atoms with Crippen LogP contribution in [-0.2, 0) is 0 Å². The van der Waals surface area contributed by atoms with E-state index in [1.807, 2.05) is 0 Å². The first-order valence-corrected chi connectivity index (χ1v) is 5.52. The molecule has 0 saturated heterocycles. The first-order chi connectivity index (χ1) is 5.92. The largest absolute Gasteiger partial charge is 0.396 e. The number of hydrogen-bond donors (Lipinski definition) is 1. The van der Waals surface area contributed by atoms with Gasteiger partial charge in [-0.15, -0.1) is 0 Å². The molecule has 2 fully saturated rings. The fourth-order valence-electron chi connectivity index (χ4n) is 3.28. The van der Waals surface area contributed by atoms with Crippen molar-refractivity contribution in [1.29, 1.82) is 0 Å². The highest BCUT2D eigenvalue weighted by atomic mass is 16.3. The molecule has 0 spiro atoms. The molecule has 2 saturated carbocycles. The monoisotopic (exact) mass is 168 g/mol. The molecule has 2 bridgehead atoms. The Labute approximate surface area is 75.2 Å². The van der Waals surface area contributed by atoms with Gasteiger partial charge in [0.15, 0.2) is 0 Å². The molecule has 70 valence electrons. The summed E-state index contributed by atoms with van der Waals surface area (Å²) in [6, 6.07) is 0. The summed E-state index contributed by atoms with van der Waals surface area (Å²) < 4.78 is 0. The molecule has 0 amide bonds. The van der Waals surface area contributed by atoms with Crippen molar-refractivity contribution in [2.75, 3.05) is 6.61 Å². The SMILES string of the molecule is OCC1C2CCCCC1CCC2. The van der Waals surface area contributed by atoms with Gasteiger partial charge in [-0.2, -0.15) is 0 Å². The molecule has 2 atom stereocenters. The summed E-state index contributed by atoms with van der Waals surface area (Å²) in [5.41, 5.74) is 0. The van der Waals surface area contributed by atoms with E-state index in [0.717, 1.165) is 11.8 Å². The molecule has 1 heteroatoms. The lowest BCUT2D eigenvalue weighted by molar-refractivity contribution is 0.0833. The van der Waals surface area contributed by atoms with Crippen molar-refractivity contribution in [1.82, 2.24) is 0 Å². The van der Waals surface area contributed by atoms with E-state index in [-0.39, 0.29) is 0 Å². The number of fused-ring (bicyclic) bond motifs is 2. The second-order valence-electron chi connectivity index (χ2n) is 4.58. The summed E-state index contributed by atoms with van der Waals surface area (Å²) in [6.45, 7) is 0.454. The zero-order chi connectivity index (χ0) is 8.39. The molecule has 2 aliphatic rings. The van der Waals surface area contributed by atoms with Crippen molar-refractivity contribution < 1.29 is 5.11 Å². The Bertz CT molecular complexity index is 130. The Kier molecular flexibility index (Phi) is 2.69. The maximum Gasteiger partial charge on any atom is 0.0464 e. The fourth-order valence-corrected chi connectivity index (χ4v) is 3.28. The molecular weight excluding hydrogens is 148 g/mol. The van der Waals surface area contributed by atoms with E-state index in [4.69, 9.17) is 0 Å². The van der Waals surface area contributed by atoms with Crippen LogP contribution in [0.5, 0.6) is 0 Å². The van der Waals surface area contributed by atoms with Crippen LogP contribution in [0.2, 0.25) is 0 Å². The summed E-state index contributed by atoms with van der Waals surface area (Å²) in [7, 11) is 0. The van der Waals surface area contributed by atoms with Gasteiger partial charge in [0.1, 0.15) is 0 Å². The van der Waals surface area contributed by atoms with Crippen molar-refractivity contribution in [3.63, 3.8) is 0 Å². The second kappa shape index (κ2) is 3.78. The lowest BCUT2D eigenvalue weighted by Gasteiger charge is -2.35. The van der Waals surface area contributed by atoms with Gasteiger partial charge in [0, 0.05) is 6.61 Å². The predicted octanol–water partition coefficient (Wildman–Crippen LogP) is 2.59. The van der Waals surface area contributed by atoms with Gasteiger partial charge in [-0.3, -0.25) is 0 Å². The van der Waals surface area contributed by atoms with Crippen LogP contribution in [0.4, 0.5) is 0 Å². The van der Waals surface area contributed by atoms with Gasteiger partial charge in [0.2, 0.25) is 0 Å². The molecule has 2 aliphatic carbocycles. The number of hydrogen-bond acceptors (Lipinski definition) is 1. The van der Waals surface area contributed by atoms with Crippen molar-refractivity contribution in [2.45, 2.75) is 44.9 Å². The van der Waals surface area contributed by atoms with Gasteiger partial charge in [0.25, 0.3) is 0 Å². The summed E-state index contributed by atoms with van der Waals surface area (Å²) in [5.74, 6) is 2.41. The van der Waals surface area contributed by atoms with Crippen LogP contribution in [-0.4, -0.2) is 11.7 Å². The Morgan fingerprint density at radius 1 is 0.833 bits per heavy atom. The lowest BCUT2D eigenvalue weighted by atomic mass is 9.72. The third kappa shape index (κ3) is 1.52. The summed E-state index contributed by atoms with van der Waals surface area (Å²) in [6.07, 6.45) is 9.81. The first-order valence-electron chi connectivity index (χ1n) is 5.52. The predicted molar refractivity (Wildman–Crippen MR) is 49.9 cm³/mol. The first kappa shape index (κ1) is 8.55. The van der Waals surface area contributed by atoms with Crippen molar-refractivity contribution in [2.24, 2.45) is 17.8 Å². The van der Waals surface area contributed by atoms with Crippen LogP contribution in [0.25, 0.3) is 0 Å². The van der Waals surface area contributed by atoms with Gasteiger partial charge in [-0.1, -0.05) is 44.9 Å². The third-order valence-electron chi connectivity index (χ3n) is 3.97. The molecule has 0 radical (unpaired) electrons. The minimum Gasteiger partial charge on any atom is -0.396 e. The molecule has 1 N–H and O–H groups in total. The Morgan fingerprint density at radius 2 is 1.33 bits per heavy atom. The average molecular weight is 168 g/mol. The topological polar surface area (TPSA) is 20.2 Å². The zero-order valence-corrected chi connectivity index (χ0v) is 7.84. The van der Waals surface area contributed by atoms with Crippen LogP contribution < -0.4 is 0 Å². The van der Waals surface area contributed by atoms with Crippen molar-refractivity contribution in [3.05, 3.63) is 0 Å². The van der Waals surface area contributed by atoms with Gasteiger partial charge in [-0.05, 0) is 17.8 Å². The maximum atomic E-state index is 9.32. The van der Waals surface area contributed by atoms with Crippen molar-refractivity contribution in [3.8, 4) is 0 Å². The van der Waals surface area contributed by atoms with E-state index in [2.05, 4.69) is 0 Å². The summed E-state index contributed by atoms with van der Waals surface area (Å²) in [4.78, 5) is 0. The highest BCUT2D eigenvalue weighted by molar-refractivity contribution is 4.84. The molecule has 0 aromatic heterocycles. The highest BCUT2D eigenvalue weighted by Crippen LogP contribution is 2.42. The van der Waals surface area contributed by atoms with Crippen LogP contribution in [0.3, 0.4) is 0 Å². The van der Waals surface area contributed by atoms with E-state index >= 15 is 0 Å². The highest BCUT2D eigenvalue weighted by Gasteiger charge is 2.33. The average Bonchev–Trinajstić information content (AvgIpc) is 2.21. The standard InChI is InChI=1S/C11H20O/c12-8-11-9-4-1-2-5-10(11)7-3-6-9/h9-12H,1-8H2. The second-order valence-corrected chi connectivity index (χ2v) is 4.58. The maximum absolute atomic E-state index is 9.32. The summed E-state index contributed by atoms with van der Waals surface area (Å²) >= 11 is 0. The smallest absolute Gasteiger partial charge is 0.0464 e. The van der Waals surface area contributed by atoms with Gasteiger partial charge < -0.3 is 5.11 Å². The van der Waals surface area contributed by atoms with Gasteiger partial charge in [0.05, 0.1) is 0 Å². The molecule has 2 unspecified atom stereocenters. The lowest BCUT2D eigenvalue weighted by Crippen LogP contribution is -2.29. The van der Waals surface area contributed by atoms with Crippen molar-refractivity contribution >= 4 is 0 Å². The Morgan fingerprint density at radius 3 is 1.83 bits per heavy atom. The number of aliphatic hydroxyl groups is 1. The number of rotatable bonds is 1. The van der Waals surface area contributed by atoms with E-state index in [1.54, 1.807) is 0 Å². The Hall–Kier alpha value is -0.0400. The van der Waals surface area contributed by atoms with E-state index in [1.165, 1.54) is 44.9 Å². The van der Waals surface area contributed by atoms with Crippen LogP contribution in [0, 0.1) is 17.8 Å². The van der Waals surface area contributed by atoms with Gasteiger partial charge in [-0.25, -0.2) is 0 Å². The van der Waals surface area contributed by atoms with Crippen LogP contribution in [0.1, 0.15) is 44.9 Å². The van der Waals surface area contributed by atoms with Crippen LogP contribution >= 0.6 is 0 Å². The van der Waals surface area contributed by atoms with Gasteiger partial charge >= 0.3 is 0 Å². The molecule has 0 aromatic rings. The molecular formula is C11H20O. The summed E-state index contributed by atoms with van der Waals surface area (Å²) in [5, 5.41) is 9.32. The third-order valence-corrected chi connectivity index (χ3v) is 3.97. The molecule has 0 aliphatic heterocycles. The minimum atomic E-state index is 0.454. The normalized spacial score (nSPS) is 42.2.